The molecule has 3 unspecified atom stereocenters. The van der Waals surface area contributed by atoms with Crippen molar-refractivity contribution in [1.29, 1.82) is 0 Å². The van der Waals surface area contributed by atoms with Gasteiger partial charge < -0.3 is 10.5 Å². The predicted octanol–water partition coefficient (Wildman–Crippen LogP) is 0.706. The summed E-state index contributed by atoms with van der Waals surface area (Å²) in [5.41, 5.74) is 5.53. The van der Waals surface area contributed by atoms with Gasteiger partial charge in [-0.25, -0.2) is 8.42 Å². The Kier molecular flexibility index (Phi) is 4.55. The van der Waals surface area contributed by atoms with Gasteiger partial charge in [0.05, 0.1) is 23.7 Å². The second-order valence-electron chi connectivity index (χ2n) is 4.53. The van der Waals surface area contributed by atoms with Crippen LogP contribution in [0, 0.1) is 0 Å². The molecule has 4 nitrogen and oxygen atoms in total. The lowest BCUT2D eigenvalue weighted by Gasteiger charge is -2.12. The third-order valence-corrected chi connectivity index (χ3v) is 4.38. The fourth-order valence-corrected chi connectivity index (χ4v) is 3.45. The number of nitrogens with two attached hydrogens (primary N) is 1. The maximum absolute atomic E-state index is 11.7. The molecular formula is C10H21NO3S. The van der Waals surface area contributed by atoms with Gasteiger partial charge in [0.2, 0.25) is 0 Å². The van der Waals surface area contributed by atoms with Crippen LogP contribution in [0.2, 0.25) is 0 Å². The second kappa shape index (κ2) is 5.27. The number of rotatable bonds is 5. The first-order valence-corrected chi connectivity index (χ1v) is 7.32. The average Bonchev–Trinajstić information content (AvgIpc) is 2.47. The minimum absolute atomic E-state index is 0.0526. The molecule has 0 radical (unpaired) electrons. The highest BCUT2D eigenvalue weighted by molar-refractivity contribution is 7.91. The number of hydrogen-bond donors (Lipinski definition) is 1. The fraction of sp³-hybridized carbons (Fsp3) is 1.00. The predicted molar refractivity (Wildman–Crippen MR) is 60.5 cm³/mol. The van der Waals surface area contributed by atoms with Crippen molar-refractivity contribution in [2.75, 3.05) is 11.5 Å². The van der Waals surface area contributed by atoms with Crippen LogP contribution in [0.25, 0.3) is 0 Å². The van der Waals surface area contributed by atoms with Gasteiger partial charge in [-0.15, -0.1) is 0 Å². The molecule has 90 valence electrons. The van der Waals surface area contributed by atoms with Crippen LogP contribution in [0.1, 0.15) is 33.1 Å². The molecule has 0 spiro atoms. The zero-order valence-electron chi connectivity index (χ0n) is 9.48. The lowest BCUT2D eigenvalue weighted by Crippen LogP contribution is -2.26. The van der Waals surface area contributed by atoms with E-state index in [0.717, 1.165) is 12.8 Å². The number of hydrogen-bond acceptors (Lipinski definition) is 4. The number of sulfone groups is 1. The van der Waals surface area contributed by atoms with Crippen molar-refractivity contribution in [2.24, 2.45) is 5.73 Å². The molecular weight excluding hydrogens is 214 g/mol. The van der Waals surface area contributed by atoms with Crippen LogP contribution in [-0.2, 0) is 14.6 Å². The summed E-state index contributed by atoms with van der Waals surface area (Å²) in [7, 11) is -2.99. The molecule has 1 heterocycles. The van der Waals surface area contributed by atoms with Crippen molar-refractivity contribution in [3.63, 3.8) is 0 Å². The molecule has 0 aromatic carbocycles. The lowest BCUT2D eigenvalue weighted by molar-refractivity contribution is 0.0690. The molecule has 0 aromatic heterocycles. The number of ether oxygens (including phenoxy) is 1. The Labute approximate surface area is 92.1 Å². The van der Waals surface area contributed by atoms with Gasteiger partial charge in [-0.05, 0) is 33.1 Å². The molecule has 5 heteroatoms. The van der Waals surface area contributed by atoms with E-state index in [1.54, 1.807) is 0 Å². The summed E-state index contributed by atoms with van der Waals surface area (Å²) in [6.07, 6.45) is 2.47. The van der Waals surface area contributed by atoms with E-state index in [0.29, 0.717) is 6.42 Å². The summed E-state index contributed by atoms with van der Waals surface area (Å²) in [4.78, 5) is 0. The minimum Gasteiger partial charge on any atom is -0.374 e. The molecule has 0 saturated carbocycles. The third-order valence-electron chi connectivity index (χ3n) is 2.64. The maximum Gasteiger partial charge on any atom is 0.152 e. The SMILES string of the molecule is CC(N)CCS(=O)(=O)CC1CCC(C)O1. The Morgan fingerprint density at radius 2 is 2.13 bits per heavy atom. The van der Waals surface area contributed by atoms with Gasteiger partial charge in [-0.2, -0.15) is 0 Å². The summed E-state index contributed by atoms with van der Waals surface area (Å²) in [5, 5.41) is 0. The van der Waals surface area contributed by atoms with Crippen molar-refractivity contribution in [1.82, 2.24) is 0 Å². The van der Waals surface area contributed by atoms with Gasteiger partial charge >= 0.3 is 0 Å². The third kappa shape index (κ3) is 4.95. The first kappa shape index (κ1) is 12.9. The fourth-order valence-electron chi connectivity index (χ4n) is 1.74. The van der Waals surface area contributed by atoms with Crippen LogP contribution in [0.4, 0.5) is 0 Å². The highest BCUT2D eigenvalue weighted by atomic mass is 32.2. The van der Waals surface area contributed by atoms with Gasteiger partial charge in [0, 0.05) is 6.04 Å². The molecule has 1 aliphatic heterocycles. The van der Waals surface area contributed by atoms with Crippen LogP contribution in [0.15, 0.2) is 0 Å². The van der Waals surface area contributed by atoms with E-state index in [1.165, 1.54) is 0 Å². The normalized spacial score (nSPS) is 29.3. The van der Waals surface area contributed by atoms with Crippen LogP contribution in [0.3, 0.4) is 0 Å². The summed E-state index contributed by atoms with van der Waals surface area (Å²) in [5.74, 6) is 0.336. The second-order valence-corrected chi connectivity index (χ2v) is 6.76. The van der Waals surface area contributed by atoms with E-state index in [1.807, 2.05) is 13.8 Å². The summed E-state index contributed by atoms with van der Waals surface area (Å²) >= 11 is 0. The van der Waals surface area contributed by atoms with E-state index in [-0.39, 0.29) is 29.8 Å². The molecule has 1 fully saturated rings. The minimum atomic E-state index is -2.99. The van der Waals surface area contributed by atoms with E-state index in [9.17, 15) is 8.42 Å². The van der Waals surface area contributed by atoms with Crippen molar-refractivity contribution in [2.45, 2.75) is 51.4 Å². The molecule has 0 bridgehead atoms. The molecule has 0 aliphatic carbocycles. The molecule has 1 saturated heterocycles. The van der Waals surface area contributed by atoms with E-state index in [4.69, 9.17) is 10.5 Å². The first-order valence-electron chi connectivity index (χ1n) is 5.50. The monoisotopic (exact) mass is 235 g/mol. The average molecular weight is 235 g/mol. The van der Waals surface area contributed by atoms with Crippen molar-refractivity contribution >= 4 is 9.84 Å². The molecule has 1 aliphatic rings. The molecule has 2 N–H and O–H groups in total. The van der Waals surface area contributed by atoms with Crippen molar-refractivity contribution in [3.8, 4) is 0 Å². The van der Waals surface area contributed by atoms with E-state index < -0.39 is 9.84 Å². The van der Waals surface area contributed by atoms with Gasteiger partial charge in [0.15, 0.2) is 9.84 Å². The molecule has 15 heavy (non-hydrogen) atoms. The largest absolute Gasteiger partial charge is 0.374 e. The molecule has 1 rings (SSSR count). The lowest BCUT2D eigenvalue weighted by atomic mass is 10.2. The zero-order valence-corrected chi connectivity index (χ0v) is 10.3. The Morgan fingerprint density at radius 3 is 2.60 bits per heavy atom. The molecule has 3 atom stereocenters. The Morgan fingerprint density at radius 1 is 1.47 bits per heavy atom. The zero-order chi connectivity index (χ0) is 11.5. The van der Waals surface area contributed by atoms with Crippen LogP contribution >= 0.6 is 0 Å². The maximum atomic E-state index is 11.7. The molecule has 0 aromatic rings. The Balaban J connectivity index is 2.36. The molecule has 0 amide bonds. The highest BCUT2D eigenvalue weighted by Gasteiger charge is 2.26. The van der Waals surface area contributed by atoms with Crippen molar-refractivity contribution < 1.29 is 13.2 Å². The van der Waals surface area contributed by atoms with E-state index in [2.05, 4.69) is 0 Å². The smallest absolute Gasteiger partial charge is 0.152 e. The van der Waals surface area contributed by atoms with Crippen LogP contribution in [0.5, 0.6) is 0 Å². The topological polar surface area (TPSA) is 69.4 Å². The van der Waals surface area contributed by atoms with Crippen molar-refractivity contribution in [3.05, 3.63) is 0 Å². The van der Waals surface area contributed by atoms with Gasteiger partial charge in [0.1, 0.15) is 0 Å². The highest BCUT2D eigenvalue weighted by Crippen LogP contribution is 2.20. The van der Waals surface area contributed by atoms with Crippen LogP contribution < -0.4 is 5.73 Å². The Hall–Kier alpha value is -0.130. The summed E-state index contributed by atoms with van der Waals surface area (Å²) in [6.45, 7) is 3.80. The summed E-state index contributed by atoms with van der Waals surface area (Å²) in [6, 6.07) is -0.0526. The Bertz CT molecular complexity index is 287. The van der Waals surface area contributed by atoms with E-state index >= 15 is 0 Å². The standard InChI is InChI=1S/C10H21NO3S/c1-8(11)5-6-15(12,13)7-10-4-3-9(2)14-10/h8-10H,3-7,11H2,1-2H3. The van der Waals surface area contributed by atoms with Gasteiger partial charge in [0.25, 0.3) is 0 Å². The first-order chi connectivity index (χ1) is 6.89. The van der Waals surface area contributed by atoms with Gasteiger partial charge in [-0.3, -0.25) is 0 Å². The summed E-state index contributed by atoms with van der Waals surface area (Å²) < 4.78 is 28.8. The van der Waals surface area contributed by atoms with Gasteiger partial charge in [-0.1, -0.05) is 0 Å². The quantitative estimate of drug-likeness (QED) is 0.762. The van der Waals surface area contributed by atoms with Crippen LogP contribution in [-0.4, -0.2) is 38.2 Å².